The van der Waals surface area contributed by atoms with Gasteiger partial charge in [-0.15, -0.1) is 0 Å². The molecule has 0 bridgehead atoms. The summed E-state index contributed by atoms with van der Waals surface area (Å²) in [5.41, 5.74) is 6.18. The fraction of sp³-hybridized carbons (Fsp3) is 0.412. The molecule has 0 fully saturated rings. The maximum atomic E-state index is 12.5. The molecule has 3 unspecified atom stereocenters. The Kier molecular flexibility index (Phi) is 10.3. The normalized spacial score (nSPS) is 13.6. The molecule has 0 radical (unpaired) electrons. The number of amides is 3. The van der Waals surface area contributed by atoms with Gasteiger partial charge in [-0.1, -0.05) is 12.1 Å². The van der Waals surface area contributed by atoms with Crippen molar-refractivity contribution < 1.29 is 29.4 Å². The number of carboxylic acid groups (broad SMARTS) is 1. The van der Waals surface area contributed by atoms with Crippen molar-refractivity contribution in [2.24, 2.45) is 5.73 Å². The van der Waals surface area contributed by atoms with E-state index in [1.165, 1.54) is 12.1 Å². The molecule has 0 aliphatic rings. The van der Waals surface area contributed by atoms with Crippen LogP contribution in [0.15, 0.2) is 24.3 Å². The van der Waals surface area contributed by atoms with Crippen LogP contribution in [-0.2, 0) is 25.6 Å². The molecule has 160 valence electrons. The largest absolute Gasteiger partial charge is 0.508 e. The molecule has 0 aromatic heterocycles. The highest BCUT2D eigenvalue weighted by molar-refractivity contribution is 7.80. The van der Waals surface area contributed by atoms with Gasteiger partial charge in [0.15, 0.2) is 0 Å². The SMILES string of the molecule is NC(CS)C(=O)NC(CS)C(=O)NC(Cc1ccc(O)cc1)C(=O)NCC(=O)O. The molecule has 1 aromatic carbocycles. The molecule has 0 saturated carbocycles. The highest BCUT2D eigenvalue weighted by Gasteiger charge is 2.27. The Hall–Kier alpha value is -2.44. The van der Waals surface area contributed by atoms with E-state index in [0.29, 0.717) is 5.56 Å². The van der Waals surface area contributed by atoms with E-state index >= 15 is 0 Å². The fourth-order valence-electron chi connectivity index (χ4n) is 2.19. The maximum absolute atomic E-state index is 12.5. The highest BCUT2D eigenvalue weighted by Crippen LogP contribution is 2.11. The smallest absolute Gasteiger partial charge is 0.322 e. The van der Waals surface area contributed by atoms with Crippen LogP contribution in [0.3, 0.4) is 0 Å². The summed E-state index contributed by atoms with van der Waals surface area (Å²) in [6, 6.07) is 2.85. The van der Waals surface area contributed by atoms with E-state index in [9.17, 15) is 24.3 Å². The van der Waals surface area contributed by atoms with E-state index in [1.807, 2.05) is 0 Å². The third-order valence-electron chi connectivity index (χ3n) is 3.77. The van der Waals surface area contributed by atoms with Crippen molar-refractivity contribution in [3.05, 3.63) is 29.8 Å². The first-order valence-corrected chi connectivity index (χ1v) is 9.79. The van der Waals surface area contributed by atoms with Crippen molar-refractivity contribution >= 4 is 48.9 Å². The predicted octanol–water partition coefficient (Wildman–Crippen LogP) is -1.71. The van der Waals surface area contributed by atoms with Gasteiger partial charge in [-0.25, -0.2) is 0 Å². The van der Waals surface area contributed by atoms with Crippen LogP contribution < -0.4 is 21.7 Å². The first-order chi connectivity index (χ1) is 13.7. The number of hydrogen-bond donors (Lipinski definition) is 8. The van der Waals surface area contributed by atoms with Gasteiger partial charge in [0, 0.05) is 17.9 Å². The molecule has 29 heavy (non-hydrogen) atoms. The van der Waals surface area contributed by atoms with Crippen molar-refractivity contribution in [2.45, 2.75) is 24.5 Å². The van der Waals surface area contributed by atoms with Crippen LogP contribution in [-0.4, -0.2) is 70.1 Å². The summed E-state index contributed by atoms with van der Waals surface area (Å²) < 4.78 is 0. The van der Waals surface area contributed by atoms with Crippen LogP contribution in [0.1, 0.15) is 5.56 Å². The molecule has 10 nitrogen and oxygen atoms in total. The van der Waals surface area contributed by atoms with Crippen LogP contribution >= 0.6 is 25.3 Å². The zero-order valence-corrected chi connectivity index (χ0v) is 17.2. The molecule has 0 aliphatic carbocycles. The molecule has 0 heterocycles. The van der Waals surface area contributed by atoms with E-state index in [0.717, 1.165) is 0 Å². The fourth-order valence-corrected chi connectivity index (χ4v) is 2.61. The average Bonchev–Trinajstić information content (AvgIpc) is 2.70. The zero-order chi connectivity index (χ0) is 22.0. The Morgan fingerprint density at radius 3 is 2.03 bits per heavy atom. The van der Waals surface area contributed by atoms with Gasteiger partial charge >= 0.3 is 5.97 Å². The van der Waals surface area contributed by atoms with Crippen molar-refractivity contribution in [3.63, 3.8) is 0 Å². The summed E-state index contributed by atoms with van der Waals surface area (Å²) in [7, 11) is 0. The van der Waals surface area contributed by atoms with Crippen LogP contribution in [0.2, 0.25) is 0 Å². The summed E-state index contributed by atoms with van der Waals surface area (Å²) in [6.07, 6.45) is 0.0286. The zero-order valence-electron chi connectivity index (χ0n) is 15.4. The summed E-state index contributed by atoms with van der Waals surface area (Å²) in [5.74, 6) is -3.19. The number of nitrogens with two attached hydrogens (primary N) is 1. The number of rotatable bonds is 11. The Bertz CT molecular complexity index is 731. The number of hydrogen-bond acceptors (Lipinski definition) is 8. The number of nitrogens with one attached hydrogen (secondary N) is 3. The second-order valence-electron chi connectivity index (χ2n) is 6.08. The van der Waals surface area contributed by atoms with E-state index in [2.05, 4.69) is 41.2 Å². The minimum atomic E-state index is -1.24. The third-order valence-corrected chi connectivity index (χ3v) is 4.53. The lowest BCUT2D eigenvalue weighted by Crippen LogP contribution is -2.57. The van der Waals surface area contributed by atoms with Gasteiger partial charge < -0.3 is 31.9 Å². The number of carboxylic acids is 1. The number of phenolic OH excluding ortho intramolecular Hbond substituents is 1. The van der Waals surface area contributed by atoms with Crippen molar-refractivity contribution in [2.75, 3.05) is 18.1 Å². The molecule has 12 heteroatoms. The Morgan fingerprint density at radius 1 is 0.931 bits per heavy atom. The van der Waals surface area contributed by atoms with Crippen molar-refractivity contribution in [1.29, 1.82) is 0 Å². The standard InChI is InChI=1S/C17H24N4O6S2/c18-11(7-28)15(25)21-13(8-29)17(27)20-12(16(26)19-6-14(23)24)5-9-1-3-10(22)4-2-9/h1-4,11-13,22,28-29H,5-8,18H2,(H,19,26)(H,20,27)(H,21,25)(H,23,24). The van der Waals surface area contributed by atoms with Crippen LogP contribution in [0.25, 0.3) is 0 Å². The predicted molar refractivity (Wildman–Crippen MR) is 112 cm³/mol. The summed E-state index contributed by atoms with van der Waals surface area (Å²) in [5, 5.41) is 25.2. The molecule has 1 rings (SSSR count). The van der Waals surface area contributed by atoms with Crippen LogP contribution in [0.5, 0.6) is 5.75 Å². The van der Waals surface area contributed by atoms with Gasteiger partial charge in [0.2, 0.25) is 17.7 Å². The van der Waals surface area contributed by atoms with Gasteiger partial charge in [-0.05, 0) is 17.7 Å². The minimum Gasteiger partial charge on any atom is -0.508 e. The van der Waals surface area contributed by atoms with Gasteiger partial charge in [0.25, 0.3) is 0 Å². The van der Waals surface area contributed by atoms with Gasteiger partial charge in [-0.2, -0.15) is 25.3 Å². The number of aliphatic carboxylic acids is 1. The number of phenols is 1. The lowest BCUT2D eigenvalue weighted by atomic mass is 10.0. The molecular formula is C17H24N4O6S2. The van der Waals surface area contributed by atoms with Crippen molar-refractivity contribution in [3.8, 4) is 5.75 Å². The first kappa shape index (κ1) is 24.6. The molecular weight excluding hydrogens is 420 g/mol. The molecule has 0 saturated heterocycles. The molecule has 0 spiro atoms. The Labute approximate surface area is 178 Å². The third kappa shape index (κ3) is 8.62. The topological polar surface area (TPSA) is 171 Å². The number of carbonyl (C=O) groups excluding carboxylic acids is 3. The Balaban J connectivity index is 2.90. The van der Waals surface area contributed by atoms with Crippen molar-refractivity contribution in [1.82, 2.24) is 16.0 Å². The van der Waals surface area contributed by atoms with E-state index in [4.69, 9.17) is 10.8 Å². The summed E-state index contributed by atoms with van der Waals surface area (Å²) >= 11 is 7.96. The second-order valence-corrected chi connectivity index (χ2v) is 6.81. The second kappa shape index (κ2) is 12.2. The summed E-state index contributed by atoms with van der Waals surface area (Å²) in [6.45, 7) is -0.621. The molecule has 1 aromatic rings. The molecule has 3 atom stereocenters. The lowest BCUT2D eigenvalue weighted by molar-refractivity contribution is -0.138. The maximum Gasteiger partial charge on any atom is 0.322 e. The number of aromatic hydroxyl groups is 1. The van der Waals surface area contributed by atoms with E-state index in [-0.39, 0.29) is 23.7 Å². The monoisotopic (exact) mass is 444 g/mol. The quantitative estimate of drug-likeness (QED) is 0.188. The number of thiol groups is 2. The molecule has 7 N–H and O–H groups in total. The van der Waals surface area contributed by atoms with E-state index in [1.54, 1.807) is 12.1 Å². The van der Waals surface area contributed by atoms with Gasteiger partial charge in [-0.3, -0.25) is 19.2 Å². The van der Waals surface area contributed by atoms with Gasteiger partial charge in [0.05, 0.1) is 6.04 Å². The Morgan fingerprint density at radius 2 is 1.52 bits per heavy atom. The average molecular weight is 445 g/mol. The van der Waals surface area contributed by atoms with Crippen LogP contribution in [0.4, 0.5) is 0 Å². The number of carbonyl (C=O) groups is 4. The van der Waals surface area contributed by atoms with Gasteiger partial charge in [0.1, 0.15) is 24.4 Å². The lowest BCUT2D eigenvalue weighted by Gasteiger charge is -2.23. The molecule has 3 amide bonds. The minimum absolute atomic E-state index is 0.0286. The summed E-state index contributed by atoms with van der Waals surface area (Å²) in [4.78, 5) is 47.5. The van der Waals surface area contributed by atoms with Crippen LogP contribution in [0, 0.1) is 0 Å². The first-order valence-electron chi connectivity index (χ1n) is 8.53. The molecule has 0 aliphatic heterocycles. The number of benzene rings is 1. The highest BCUT2D eigenvalue weighted by atomic mass is 32.1. The van der Waals surface area contributed by atoms with E-state index < -0.39 is 48.4 Å².